The molecule has 2 saturated heterocycles. The normalized spacial score (nSPS) is 25.1. The molecule has 2 aliphatic rings. The third-order valence-electron chi connectivity index (χ3n) is 4.56. The number of alkyl halides is 3. The minimum Gasteiger partial charge on any atom is -0.332 e. The number of hydrogen-bond acceptors (Lipinski definition) is 3. The highest BCUT2D eigenvalue weighted by Crippen LogP contribution is 2.31. The Bertz CT molecular complexity index is 615. The molecule has 0 aromatic heterocycles. The fourth-order valence-electron chi connectivity index (χ4n) is 3.52. The predicted molar refractivity (Wildman–Crippen MR) is 92.1 cm³/mol. The molecule has 140 valence electrons. The lowest BCUT2D eigenvalue weighted by atomic mass is 10.0. The van der Waals surface area contributed by atoms with Crippen LogP contribution in [0.1, 0.15) is 18.0 Å². The first kappa shape index (κ1) is 20.3. The van der Waals surface area contributed by atoms with Crippen LogP contribution in [0.25, 0.3) is 0 Å². The molecule has 1 aromatic rings. The van der Waals surface area contributed by atoms with E-state index in [9.17, 15) is 18.0 Å². The largest absolute Gasteiger partial charge is 0.406 e. The summed E-state index contributed by atoms with van der Waals surface area (Å²) in [6, 6.07) is 6.83. The number of benzene rings is 1. The van der Waals surface area contributed by atoms with E-state index in [1.165, 1.54) is 0 Å². The molecule has 0 radical (unpaired) electrons. The second kappa shape index (κ2) is 8.12. The van der Waals surface area contributed by atoms with E-state index in [0.29, 0.717) is 31.1 Å². The van der Waals surface area contributed by atoms with Crippen molar-refractivity contribution in [3.05, 3.63) is 34.9 Å². The summed E-state index contributed by atoms with van der Waals surface area (Å²) in [5.41, 5.74) is 0.969. The second-order valence-corrected chi connectivity index (χ2v) is 6.63. The second-order valence-electron chi connectivity index (χ2n) is 6.19. The fraction of sp³-hybridized carbons (Fsp3) is 0.562. The Balaban J connectivity index is 0.00000225. The molecule has 2 fully saturated rings. The van der Waals surface area contributed by atoms with Gasteiger partial charge in [0.2, 0.25) is 5.91 Å². The van der Waals surface area contributed by atoms with E-state index in [0.717, 1.165) is 10.5 Å². The molecule has 0 saturated carbocycles. The maximum Gasteiger partial charge on any atom is 0.406 e. The summed E-state index contributed by atoms with van der Waals surface area (Å²) < 4.78 is 37.8. The van der Waals surface area contributed by atoms with Gasteiger partial charge in [-0.15, -0.1) is 12.4 Å². The van der Waals surface area contributed by atoms with Crippen molar-refractivity contribution in [3.8, 4) is 0 Å². The molecular weight excluding hydrogens is 378 g/mol. The lowest BCUT2D eigenvalue weighted by Gasteiger charge is -2.39. The molecule has 2 unspecified atom stereocenters. The van der Waals surface area contributed by atoms with E-state index >= 15 is 0 Å². The highest BCUT2D eigenvalue weighted by atomic mass is 35.5. The van der Waals surface area contributed by atoms with Crippen LogP contribution in [0.4, 0.5) is 13.2 Å². The van der Waals surface area contributed by atoms with Gasteiger partial charge >= 0.3 is 6.18 Å². The molecule has 0 aliphatic carbocycles. The van der Waals surface area contributed by atoms with Crippen LogP contribution in [0.5, 0.6) is 0 Å². The summed E-state index contributed by atoms with van der Waals surface area (Å²) in [6.45, 7) is 0.947. The van der Waals surface area contributed by atoms with E-state index in [1.54, 1.807) is 6.07 Å². The van der Waals surface area contributed by atoms with E-state index in [1.807, 2.05) is 23.1 Å². The van der Waals surface area contributed by atoms with E-state index in [4.69, 9.17) is 11.6 Å². The molecule has 1 amide bonds. The van der Waals surface area contributed by atoms with Gasteiger partial charge in [-0.05, 0) is 24.1 Å². The molecular formula is C16H20Cl2F3N3O. The molecule has 0 bridgehead atoms. The number of nitrogens with zero attached hydrogens (tertiary/aromatic N) is 2. The Kier molecular flexibility index (Phi) is 6.59. The average molecular weight is 398 g/mol. The lowest BCUT2D eigenvalue weighted by molar-refractivity contribution is -0.159. The molecule has 2 heterocycles. The van der Waals surface area contributed by atoms with Crippen LogP contribution in [0.15, 0.2) is 24.3 Å². The average Bonchev–Trinajstić information content (AvgIpc) is 2.86. The number of likely N-dealkylation sites (tertiary alicyclic amines) is 1. The topological polar surface area (TPSA) is 35.6 Å². The summed E-state index contributed by atoms with van der Waals surface area (Å²) in [6.07, 6.45) is -3.94. The van der Waals surface area contributed by atoms with E-state index in [-0.39, 0.29) is 25.0 Å². The van der Waals surface area contributed by atoms with Crippen LogP contribution >= 0.6 is 24.0 Å². The number of nitrogens with one attached hydrogen (secondary N) is 1. The summed E-state index contributed by atoms with van der Waals surface area (Å²) >= 11 is 6.06. The standard InChI is InChI=1S/C16H19ClF3N3O.ClH/c17-12-3-1-2-11(8-12)14-9-21-5-7-23(14)13-4-6-22(15(13)24)10-16(18,19)20;/h1-3,8,13-14,21H,4-7,9-10H2;1H. The van der Waals surface area contributed by atoms with Crippen molar-refractivity contribution < 1.29 is 18.0 Å². The molecule has 2 atom stereocenters. The van der Waals surface area contributed by atoms with E-state index < -0.39 is 24.7 Å². The molecule has 0 spiro atoms. The minimum atomic E-state index is -4.36. The number of carbonyl (C=O) groups is 1. The Morgan fingerprint density at radius 3 is 2.68 bits per heavy atom. The zero-order valence-corrected chi connectivity index (χ0v) is 15.0. The van der Waals surface area contributed by atoms with Crippen LogP contribution in [0.2, 0.25) is 5.02 Å². The van der Waals surface area contributed by atoms with Gasteiger partial charge in [-0.1, -0.05) is 23.7 Å². The lowest BCUT2D eigenvalue weighted by Crippen LogP contribution is -2.53. The number of rotatable bonds is 3. The summed E-state index contributed by atoms with van der Waals surface area (Å²) in [5, 5.41) is 3.89. The zero-order chi connectivity index (χ0) is 17.3. The predicted octanol–water partition coefficient (Wildman–Crippen LogP) is 2.87. The van der Waals surface area contributed by atoms with Gasteiger partial charge in [0.15, 0.2) is 0 Å². The molecule has 1 aromatic carbocycles. The van der Waals surface area contributed by atoms with Gasteiger partial charge in [-0.25, -0.2) is 0 Å². The first-order valence-corrected chi connectivity index (χ1v) is 8.30. The number of amides is 1. The monoisotopic (exact) mass is 397 g/mol. The van der Waals surface area contributed by atoms with Crippen molar-refractivity contribution in [2.75, 3.05) is 32.7 Å². The third-order valence-corrected chi connectivity index (χ3v) is 4.79. The summed E-state index contributed by atoms with van der Waals surface area (Å²) in [5.74, 6) is -0.429. The Morgan fingerprint density at radius 1 is 1.24 bits per heavy atom. The van der Waals surface area contributed by atoms with Crippen LogP contribution in [-0.2, 0) is 4.79 Å². The molecule has 3 rings (SSSR count). The van der Waals surface area contributed by atoms with Crippen molar-refractivity contribution in [3.63, 3.8) is 0 Å². The van der Waals surface area contributed by atoms with Gasteiger partial charge in [0.05, 0.1) is 6.04 Å². The molecule has 4 nitrogen and oxygen atoms in total. The van der Waals surface area contributed by atoms with Crippen molar-refractivity contribution in [2.45, 2.75) is 24.7 Å². The first-order valence-electron chi connectivity index (χ1n) is 7.92. The number of hydrogen-bond donors (Lipinski definition) is 1. The van der Waals surface area contributed by atoms with Gasteiger partial charge in [0.25, 0.3) is 0 Å². The van der Waals surface area contributed by atoms with Crippen molar-refractivity contribution in [1.29, 1.82) is 0 Å². The minimum absolute atomic E-state index is 0. The fourth-order valence-corrected chi connectivity index (χ4v) is 3.72. The van der Waals surface area contributed by atoms with Crippen LogP contribution in [0.3, 0.4) is 0 Å². The van der Waals surface area contributed by atoms with Crippen LogP contribution in [-0.4, -0.2) is 60.6 Å². The van der Waals surface area contributed by atoms with Gasteiger partial charge in [-0.2, -0.15) is 13.2 Å². The molecule has 9 heteroatoms. The third kappa shape index (κ3) is 4.78. The van der Waals surface area contributed by atoms with E-state index in [2.05, 4.69) is 5.32 Å². The van der Waals surface area contributed by atoms with Gasteiger partial charge in [0, 0.05) is 37.2 Å². The quantitative estimate of drug-likeness (QED) is 0.851. The number of carbonyl (C=O) groups excluding carboxylic acids is 1. The van der Waals surface area contributed by atoms with Gasteiger partial charge in [-0.3, -0.25) is 9.69 Å². The number of halogens is 5. The molecule has 25 heavy (non-hydrogen) atoms. The first-order chi connectivity index (χ1) is 11.3. The van der Waals surface area contributed by atoms with Crippen molar-refractivity contribution >= 4 is 29.9 Å². The highest BCUT2D eigenvalue weighted by Gasteiger charge is 2.43. The Labute approximate surface area is 155 Å². The van der Waals surface area contributed by atoms with Gasteiger partial charge in [0.1, 0.15) is 6.54 Å². The Morgan fingerprint density at radius 2 is 2.00 bits per heavy atom. The maximum absolute atomic E-state index is 12.6. The summed E-state index contributed by atoms with van der Waals surface area (Å²) in [4.78, 5) is 15.4. The Hall–Kier alpha value is -1.02. The van der Waals surface area contributed by atoms with Gasteiger partial charge < -0.3 is 10.2 Å². The molecule has 1 N–H and O–H groups in total. The highest BCUT2D eigenvalue weighted by molar-refractivity contribution is 6.30. The van der Waals surface area contributed by atoms with Crippen molar-refractivity contribution in [2.24, 2.45) is 0 Å². The maximum atomic E-state index is 12.6. The SMILES string of the molecule is Cl.O=C1C(N2CCNCC2c2cccc(Cl)c2)CCN1CC(F)(F)F. The summed E-state index contributed by atoms with van der Waals surface area (Å²) in [7, 11) is 0. The van der Waals surface area contributed by atoms with Crippen molar-refractivity contribution in [1.82, 2.24) is 15.1 Å². The smallest absolute Gasteiger partial charge is 0.332 e. The number of piperazine rings is 1. The molecule has 2 aliphatic heterocycles. The van der Waals surface area contributed by atoms with Crippen LogP contribution in [0, 0.1) is 0 Å². The zero-order valence-electron chi connectivity index (χ0n) is 13.4. The van der Waals surface area contributed by atoms with Crippen LogP contribution < -0.4 is 5.32 Å².